The number of nitrogens with one attached hydrogen (secondary N) is 1. The lowest BCUT2D eigenvalue weighted by Crippen LogP contribution is -2.26. The highest BCUT2D eigenvalue weighted by Gasteiger charge is 2.05. The molecule has 2 rings (SSSR count). The average Bonchev–Trinajstić information content (AvgIpc) is 2.61. The van der Waals surface area contributed by atoms with Crippen LogP contribution in [0.3, 0.4) is 0 Å². The minimum absolute atomic E-state index is 0.000402. The molecule has 0 spiro atoms. The number of nitrogens with zero attached hydrogens (tertiary/aromatic N) is 2. The number of amides is 1. The molecule has 0 atom stereocenters. The maximum Gasteiger partial charge on any atom is 0.230 e. The molecule has 1 aromatic heterocycles. The molecule has 1 amide bonds. The van der Waals surface area contributed by atoms with Gasteiger partial charge in [0.2, 0.25) is 5.91 Å². The van der Waals surface area contributed by atoms with Crippen LogP contribution in [0, 0.1) is 0 Å². The van der Waals surface area contributed by atoms with E-state index in [1.807, 2.05) is 49.4 Å². The smallest absolute Gasteiger partial charge is 0.230 e. The fourth-order valence-electron chi connectivity index (χ4n) is 1.90. The second-order valence-electron chi connectivity index (χ2n) is 4.81. The quantitative estimate of drug-likeness (QED) is 0.565. The molecule has 1 heterocycles. The molecule has 5 nitrogen and oxygen atoms in total. The summed E-state index contributed by atoms with van der Waals surface area (Å²) in [7, 11) is 0. The highest BCUT2D eigenvalue weighted by molar-refractivity contribution is 7.99. The van der Waals surface area contributed by atoms with Gasteiger partial charge in [-0.25, -0.2) is 0 Å². The molecular weight excluding hydrogens is 310 g/mol. The lowest BCUT2D eigenvalue weighted by molar-refractivity contribution is -0.118. The first kappa shape index (κ1) is 17.4. The van der Waals surface area contributed by atoms with E-state index < -0.39 is 0 Å². The van der Waals surface area contributed by atoms with Crippen molar-refractivity contribution in [2.45, 2.75) is 18.4 Å². The van der Waals surface area contributed by atoms with E-state index in [9.17, 15) is 4.79 Å². The fraction of sp³-hybridized carbons (Fsp3) is 0.353. The largest absolute Gasteiger partial charge is 0.382 e. The number of benzene rings is 1. The Kier molecular flexibility index (Phi) is 7.56. The second-order valence-corrected chi connectivity index (χ2v) is 5.81. The van der Waals surface area contributed by atoms with Crippen LogP contribution in [0.5, 0.6) is 0 Å². The molecule has 0 bridgehead atoms. The fourth-order valence-corrected chi connectivity index (χ4v) is 2.54. The molecule has 0 fully saturated rings. The van der Waals surface area contributed by atoms with Crippen molar-refractivity contribution >= 4 is 17.7 Å². The SMILES string of the molecule is CCOCCCNC(=O)CSc1ccc(-c2ccccc2)nn1. The summed E-state index contributed by atoms with van der Waals surface area (Å²) in [5.74, 6) is 0.342. The van der Waals surface area contributed by atoms with Crippen molar-refractivity contribution in [3.8, 4) is 11.3 Å². The van der Waals surface area contributed by atoms with Gasteiger partial charge < -0.3 is 10.1 Å². The van der Waals surface area contributed by atoms with Crippen molar-refractivity contribution in [2.24, 2.45) is 0 Å². The van der Waals surface area contributed by atoms with Gasteiger partial charge in [-0.3, -0.25) is 4.79 Å². The average molecular weight is 331 g/mol. The molecule has 0 unspecified atom stereocenters. The molecule has 0 aliphatic carbocycles. The van der Waals surface area contributed by atoms with Gasteiger partial charge in [0.25, 0.3) is 0 Å². The van der Waals surface area contributed by atoms with Crippen LogP contribution in [0.4, 0.5) is 0 Å². The third-order valence-electron chi connectivity index (χ3n) is 3.05. The zero-order valence-corrected chi connectivity index (χ0v) is 14.0. The molecule has 1 aromatic carbocycles. The van der Waals surface area contributed by atoms with Gasteiger partial charge in [-0.05, 0) is 25.5 Å². The summed E-state index contributed by atoms with van der Waals surface area (Å²) in [4.78, 5) is 11.7. The summed E-state index contributed by atoms with van der Waals surface area (Å²) in [6.45, 7) is 3.98. The molecule has 0 saturated heterocycles. The van der Waals surface area contributed by atoms with E-state index in [4.69, 9.17) is 4.74 Å². The van der Waals surface area contributed by atoms with Crippen LogP contribution in [0.1, 0.15) is 13.3 Å². The Balaban J connectivity index is 1.73. The van der Waals surface area contributed by atoms with Crippen molar-refractivity contribution in [2.75, 3.05) is 25.5 Å². The summed E-state index contributed by atoms with van der Waals surface area (Å²) in [5.41, 5.74) is 1.86. The predicted molar refractivity (Wildman–Crippen MR) is 92.3 cm³/mol. The van der Waals surface area contributed by atoms with E-state index in [2.05, 4.69) is 15.5 Å². The molecule has 0 radical (unpaired) electrons. The number of carbonyl (C=O) groups excluding carboxylic acids is 1. The first-order valence-corrected chi connectivity index (χ1v) is 8.64. The summed E-state index contributed by atoms with van der Waals surface area (Å²) < 4.78 is 5.22. The van der Waals surface area contributed by atoms with Crippen LogP contribution in [-0.2, 0) is 9.53 Å². The van der Waals surface area contributed by atoms with E-state index in [0.29, 0.717) is 25.5 Å². The van der Waals surface area contributed by atoms with E-state index in [0.717, 1.165) is 22.7 Å². The molecule has 1 N–H and O–H groups in total. The van der Waals surface area contributed by atoms with Crippen LogP contribution >= 0.6 is 11.8 Å². The summed E-state index contributed by atoms with van der Waals surface area (Å²) >= 11 is 1.38. The van der Waals surface area contributed by atoms with Crippen molar-refractivity contribution in [3.63, 3.8) is 0 Å². The van der Waals surface area contributed by atoms with Gasteiger partial charge in [-0.1, -0.05) is 42.1 Å². The Morgan fingerprint density at radius 2 is 2.00 bits per heavy atom. The highest BCUT2D eigenvalue weighted by Crippen LogP contribution is 2.19. The summed E-state index contributed by atoms with van der Waals surface area (Å²) in [6.07, 6.45) is 0.829. The van der Waals surface area contributed by atoms with E-state index in [-0.39, 0.29) is 5.91 Å². The Hall–Kier alpha value is -1.92. The van der Waals surface area contributed by atoms with Crippen LogP contribution in [0.2, 0.25) is 0 Å². The molecule has 23 heavy (non-hydrogen) atoms. The van der Waals surface area contributed by atoms with E-state index in [1.165, 1.54) is 11.8 Å². The number of ether oxygens (including phenoxy) is 1. The lowest BCUT2D eigenvalue weighted by Gasteiger charge is -2.05. The molecule has 0 saturated carbocycles. The molecule has 122 valence electrons. The van der Waals surface area contributed by atoms with Crippen LogP contribution < -0.4 is 5.32 Å². The number of aromatic nitrogens is 2. The maximum atomic E-state index is 11.7. The minimum atomic E-state index is 0.000402. The molecular formula is C17H21N3O2S. The van der Waals surface area contributed by atoms with E-state index in [1.54, 1.807) is 0 Å². The lowest BCUT2D eigenvalue weighted by atomic mass is 10.1. The Labute approximate surface area is 140 Å². The minimum Gasteiger partial charge on any atom is -0.382 e. The number of rotatable bonds is 9. The van der Waals surface area contributed by atoms with Gasteiger partial charge in [0.1, 0.15) is 5.03 Å². The van der Waals surface area contributed by atoms with Crippen molar-refractivity contribution < 1.29 is 9.53 Å². The van der Waals surface area contributed by atoms with Gasteiger partial charge in [-0.2, -0.15) is 0 Å². The first-order valence-electron chi connectivity index (χ1n) is 7.66. The topological polar surface area (TPSA) is 64.1 Å². The summed E-state index contributed by atoms with van der Waals surface area (Å²) in [5, 5.41) is 12.0. The van der Waals surface area contributed by atoms with Crippen LogP contribution in [0.15, 0.2) is 47.5 Å². The molecule has 0 aliphatic rings. The van der Waals surface area contributed by atoms with Gasteiger partial charge in [0.05, 0.1) is 11.4 Å². The number of hydrogen-bond donors (Lipinski definition) is 1. The summed E-state index contributed by atoms with van der Waals surface area (Å²) in [6, 6.07) is 13.7. The Morgan fingerprint density at radius 1 is 1.17 bits per heavy atom. The zero-order chi connectivity index (χ0) is 16.3. The Bertz CT molecular complexity index is 591. The van der Waals surface area contributed by atoms with Crippen molar-refractivity contribution in [1.29, 1.82) is 0 Å². The van der Waals surface area contributed by atoms with Crippen LogP contribution in [-0.4, -0.2) is 41.6 Å². The van der Waals surface area contributed by atoms with E-state index >= 15 is 0 Å². The first-order chi connectivity index (χ1) is 11.3. The molecule has 2 aromatic rings. The second kappa shape index (κ2) is 9.97. The molecule has 0 aliphatic heterocycles. The number of thioether (sulfide) groups is 1. The monoisotopic (exact) mass is 331 g/mol. The maximum absolute atomic E-state index is 11.7. The normalized spacial score (nSPS) is 10.5. The highest BCUT2D eigenvalue weighted by atomic mass is 32.2. The van der Waals surface area contributed by atoms with Gasteiger partial charge >= 0.3 is 0 Å². The van der Waals surface area contributed by atoms with Crippen molar-refractivity contribution in [1.82, 2.24) is 15.5 Å². The van der Waals surface area contributed by atoms with Crippen LogP contribution in [0.25, 0.3) is 11.3 Å². The third kappa shape index (κ3) is 6.38. The van der Waals surface area contributed by atoms with Gasteiger partial charge in [-0.15, -0.1) is 10.2 Å². The Morgan fingerprint density at radius 3 is 2.70 bits per heavy atom. The standard InChI is InChI=1S/C17H21N3O2S/c1-2-22-12-6-11-18-16(21)13-23-17-10-9-15(19-20-17)14-7-4-3-5-8-14/h3-5,7-10H,2,6,11-13H2,1H3,(H,18,21). The molecule has 6 heteroatoms. The third-order valence-corrected chi connectivity index (χ3v) is 3.97. The van der Waals surface area contributed by atoms with Gasteiger partial charge in [0, 0.05) is 25.3 Å². The predicted octanol–water partition coefficient (Wildman–Crippen LogP) is 2.78. The van der Waals surface area contributed by atoms with Gasteiger partial charge in [0.15, 0.2) is 0 Å². The number of hydrogen-bond acceptors (Lipinski definition) is 5. The number of carbonyl (C=O) groups is 1. The van der Waals surface area contributed by atoms with Crippen molar-refractivity contribution in [3.05, 3.63) is 42.5 Å². The zero-order valence-electron chi connectivity index (χ0n) is 13.2.